The molecule has 0 radical (unpaired) electrons. The highest BCUT2D eigenvalue weighted by Crippen LogP contribution is 2.29. The van der Waals surface area contributed by atoms with E-state index in [4.69, 9.17) is 4.74 Å². The van der Waals surface area contributed by atoms with Crippen molar-refractivity contribution in [3.8, 4) is 5.75 Å². The molecule has 1 amide bonds. The minimum absolute atomic E-state index is 0.0659. The van der Waals surface area contributed by atoms with Crippen molar-refractivity contribution in [1.82, 2.24) is 9.88 Å². The Morgan fingerprint density at radius 1 is 1.18 bits per heavy atom. The van der Waals surface area contributed by atoms with Gasteiger partial charge in [-0.2, -0.15) is 0 Å². The Kier molecular flexibility index (Phi) is 5.37. The molecule has 2 N–H and O–H groups in total. The fraction of sp³-hybridized carbons (Fsp3) is 0.609. The Labute approximate surface area is 167 Å². The molecule has 1 aliphatic heterocycles. The lowest BCUT2D eigenvalue weighted by atomic mass is 9.86. The molecular weight excluding hydrogens is 352 g/mol. The van der Waals surface area contributed by atoms with E-state index in [1.54, 1.807) is 0 Å². The van der Waals surface area contributed by atoms with E-state index in [1.807, 2.05) is 43.0 Å². The van der Waals surface area contributed by atoms with Crippen molar-refractivity contribution >= 4 is 16.8 Å². The molecule has 1 aliphatic carbocycles. The van der Waals surface area contributed by atoms with Crippen LogP contribution in [0.1, 0.15) is 69.3 Å². The van der Waals surface area contributed by atoms with Gasteiger partial charge in [-0.1, -0.05) is 0 Å². The molecule has 1 saturated carbocycles. The third-order valence-corrected chi connectivity index (χ3v) is 6.12. The van der Waals surface area contributed by atoms with Crippen LogP contribution in [-0.2, 0) is 0 Å². The molecule has 4 rings (SSSR count). The predicted molar refractivity (Wildman–Crippen MR) is 111 cm³/mol. The van der Waals surface area contributed by atoms with Gasteiger partial charge in [0.2, 0.25) is 0 Å². The zero-order valence-corrected chi connectivity index (χ0v) is 17.0. The number of ether oxygens (including phenoxy) is 1. The normalized spacial score (nSPS) is 19.5. The Morgan fingerprint density at radius 3 is 2.57 bits per heavy atom. The molecule has 28 heavy (non-hydrogen) atoms. The van der Waals surface area contributed by atoms with Crippen molar-refractivity contribution in [3.63, 3.8) is 0 Å². The zero-order valence-electron chi connectivity index (χ0n) is 17.0. The second-order valence-corrected chi connectivity index (χ2v) is 9.21. The first kappa shape index (κ1) is 19.3. The highest BCUT2D eigenvalue weighted by atomic mass is 16.5. The summed E-state index contributed by atoms with van der Waals surface area (Å²) in [6.45, 7) is 5.23. The Hall–Kier alpha value is -2.01. The first-order valence-electron chi connectivity index (χ1n) is 10.7. The van der Waals surface area contributed by atoms with Crippen LogP contribution in [0.3, 0.4) is 0 Å². The van der Waals surface area contributed by atoms with Gasteiger partial charge in [0.05, 0.1) is 11.7 Å². The molecular formula is C23H32N2O3. The lowest BCUT2D eigenvalue weighted by Gasteiger charge is -2.34. The number of benzene rings is 1. The van der Waals surface area contributed by atoms with Crippen LogP contribution in [0.2, 0.25) is 0 Å². The molecule has 1 aromatic heterocycles. The first-order chi connectivity index (χ1) is 13.4. The number of H-pyrrole nitrogens is 1. The van der Waals surface area contributed by atoms with Crippen molar-refractivity contribution in [1.29, 1.82) is 0 Å². The van der Waals surface area contributed by atoms with Gasteiger partial charge in [0.1, 0.15) is 11.4 Å². The number of aliphatic hydroxyl groups is 1. The number of carbonyl (C=O) groups is 1. The summed E-state index contributed by atoms with van der Waals surface area (Å²) in [5, 5.41) is 11.1. The second-order valence-electron chi connectivity index (χ2n) is 9.21. The molecule has 0 atom stereocenters. The average Bonchev–Trinajstić information content (AvgIpc) is 3.29. The summed E-state index contributed by atoms with van der Waals surface area (Å²) in [6.07, 6.45) is 7.81. The predicted octanol–water partition coefficient (Wildman–Crippen LogP) is 4.50. The molecule has 0 unspecified atom stereocenters. The van der Waals surface area contributed by atoms with E-state index in [0.29, 0.717) is 17.7 Å². The van der Waals surface area contributed by atoms with Gasteiger partial charge in [0.15, 0.2) is 0 Å². The van der Waals surface area contributed by atoms with Crippen LogP contribution in [0.15, 0.2) is 24.3 Å². The lowest BCUT2D eigenvalue weighted by molar-refractivity contribution is 0.0357. The summed E-state index contributed by atoms with van der Waals surface area (Å²) < 4.78 is 6.09. The number of aromatic amines is 1. The van der Waals surface area contributed by atoms with Crippen molar-refractivity contribution in [2.45, 2.75) is 70.5 Å². The highest BCUT2D eigenvalue weighted by Gasteiger charge is 2.28. The highest BCUT2D eigenvalue weighted by molar-refractivity contribution is 5.98. The van der Waals surface area contributed by atoms with E-state index < -0.39 is 5.60 Å². The van der Waals surface area contributed by atoms with E-state index in [2.05, 4.69) is 4.98 Å². The standard InChI is InChI=1S/C23H32N2O3/c1-23(2,27)15-16-9-11-25(12-10-16)22(26)21-13-17-7-8-19(14-20(17)24-21)28-18-5-3-4-6-18/h7-8,13-14,16,18,24,27H,3-6,9-12,15H2,1-2H3. The van der Waals surface area contributed by atoms with E-state index in [0.717, 1.165) is 61.8 Å². The zero-order chi connectivity index (χ0) is 19.7. The molecule has 5 heteroatoms. The number of likely N-dealkylation sites (tertiary alicyclic amines) is 1. The summed E-state index contributed by atoms with van der Waals surface area (Å²) in [5.74, 6) is 1.44. The van der Waals surface area contributed by atoms with Crippen LogP contribution in [0.5, 0.6) is 5.75 Å². The summed E-state index contributed by atoms with van der Waals surface area (Å²) in [7, 11) is 0. The number of amides is 1. The number of aromatic nitrogens is 1. The van der Waals surface area contributed by atoms with Gasteiger partial charge in [0, 0.05) is 30.1 Å². The maximum atomic E-state index is 12.9. The van der Waals surface area contributed by atoms with Gasteiger partial charge < -0.3 is 19.7 Å². The smallest absolute Gasteiger partial charge is 0.270 e. The number of nitrogens with one attached hydrogen (secondary N) is 1. The summed E-state index contributed by atoms with van der Waals surface area (Å²) >= 11 is 0. The van der Waals surface area contributed by atoms with Gasteiger partial charge in [0.25, 0.3) is 5.91 Å². The van der Waals surface area contributed by atoms with E-state index in [1.165, 1.54) is 12.8 Å². The molecule has 2 fully saturated rings. The van der Waals surface area contributed by atoms with Crippen LogP contribution >= 0.6 is 0 Å². The molecule has 152 valence electrons. The van der Waals surface area contributed by atoms with E-state index in [9.17, 15) is 9.90 Å². The van der Waals surface area contributed by atoms with Gasteiger partial charge in [-0.15, -0.1) is 0 Å². The fourth-order valence-electron chi connectivity index (χ4n) is 4.71. The van der Waals surface area contributed by atoms with Gasteiger partial charge in [-0.05, 0) is 82.9 Å². The number of hydrogen-bond donors (Lipinski definition) is 2. The molecule has 0 spiro atoms. The Bertz CT molecular complexity index is 822. The minimum Gasteiger partial charge on any atom is -0.490 e. The Balaban J connectivity index is 1.40. The number of rotatable bonds is 5. The molecule has 1 aromatic carbocycles. The maximum absolute atomic E-state index is 12.9. The average molecular weight is 385 g/mol. The van der Waals surface area contributed by atoms with E-state index >= 15 is 0 Å². The monoisotopic (exact) mass is 384 g/mol. The first-order valence-corrected chi connectivity index (χ1v) is 10.7. The molecule has 2 aromatic rings. The number of nitrogens with zero attached hydrogens (tertiary/aromatic N) is 1. The molecule has 5 nitrogen and oxygen atoms in total. The SMILES string of the molecule is CC(C)(O)CC1CCN(C(=O)c2cc3ccc(OC4CCCC4)cc3[nH]2)CC1. The summed E-state index contributed by atoms with van der Waals surface area (Å²) in [6, 6.07) is 7.99. The van der Waals surface area contributed by atoms with Crippen LogP contribution in [0.25, 0.3) is 10.9 Å². The number of hydrogen-bond acceptors (Lipinski definition) is 3. The largest absolute Gasteiger partial charge is 0.490 e. The van der Waals surface area contributed by atoms with Gasteiger partial charge in [-0.3, -0.25) is 4.79 Å². The summed E-state index contributed by atoms with van der Waals surface area (Å²) in [5.41, 5.74) is 0.969. The minimum atomic E-state index is -0.633. The van der Waals surface area contributed by atoms with Crippen molar-refractivity contribution in [3.05, 3.63) is 30.0 Å². The topological polar surface area (TPSA) is 65.6 Å². The summed E-state index contributed by atoms with van der Waals surface area (Å²) in [4.78, 5) is 18.2. The van der Waals surface area contributed by atoms with Crippen LogP contribution in [-0.4, -0.2) is 45.7 Å². The quantitative estimate of drug-likeness (QED) is 0.797. The van der Waals surface area contributed by atoms with Crippen molar-refractivity contribution in [2.75, 3.05) is 13.1 Å². The van der Waals surface area contributed by atoms with E-state index in [-0.39, 0.29) is 5.91 Å². The van der Waals surface area contributed by atoms with Crippen molar-refractivity contribution < 1.29 is 14.6 Å². The number of fused-ring (bicyclic) bond motifs is 1. The van der Waals surface area contributed by atoms with Crippen LogP contribution in [0, 0.1) is 5.92 Å². The second kappa shape index (κ2) is 7.78. The number of piperidine rings is 1. The molecule has 2 aliphatic rings. The van der Waals surface area contributed by atoms with Gasteiger partial charge >= 0.3 is 0 Å². The third kappa shape index (κ3) is 4.52. The van der Waals surface area contributed by atoms with Crippen molar-refractivity contribution in [2.24, 2.45) is 5.92 Å². The lowest BCUT2D eigenvalue weighted by Crippen LogP contribution is -2.40. The van der Waals surface area contributed by atoms with Gasteiger partial charge in [-0.25, -0.2) is 0 Å². The van der Waals surface area contributed by atoms with Crippen LogP contribution < -0.4 is 4.74 Å². The fourth-order valence-corrected chi connectivity index (χ4v) is 4.71. The molecule has 2 heterocycles. The van der Waals surface area contributed by atoms with Crippen LogP contribution in [0.4, 0.5) is 0 Å². The Morgan fingerprint density at radius 2 is 1.89 bits per heavy atom. The third-order valence-electron chi connectivity index (χ3n) is 6.12. The maximum Gasteiger partial charge on any atom is 0.270 e. The molecule has 1 saturated heterocycles. The molecule has 0 bridgehead atoms. The number of carbonyl (C=O) groups excluding carboxylic acids is 1.